The summed E-state index contributed by atoms with van der Waals surface area (Å²) in [5, 5.41) is 8.09. The number of carbonyl (C=O) groups excluding carboxylic acids is 1. The van der Waals surface area contributed by atoms with Crippen molar-refractivity contribution < 1.29 is 9.53 Å². The van der Waals surface area contributed by atoms with E-state index < -0.39 is 0 Å². The molecule has 2 aromatic rings. The van der Waals surface area contributed by atoms with E-state index in [1.807, 2.05) is 14.0 Å². The third-order valence-electron chi connectivity index (χ3n) is 3.15. The number of nitrogen functional groups attached to an aromatic ring is 1. The number of carbonyl (C=O) groups is 1. The van der Waals surface area contributed by atoms with Gasteiger partial charge in [-0.05, 0) is 19.8 Å². The Bertz CT molecular complexity index is 617. The normalized spacial score (nSPS) is 11.2. The minimum Gasteiger partial charge on any atom is -0.397 e. The van der Waals surface area contributed by atoms with Gasteiger partial charge in [0, 0.05) is 27.3 Å². The summed E-state index contributed by atoms with van der Waals surface area (Å²) in [5.74, 6) is -0.111. The number of nitrogens with one attached hydrogen (secondary N) is 1. The summed E-state index contributed by atoms with van der Waals surface area (Å²) in [6.07, 6.45) is 1.83. The average molecular weight is 296 g/mol. The third-order valence-corrected chi connectivity index (χ3v) is 4.42. The van der Waals surface area contributed by atoms with Crippen molar-refractivity contribution in [3.05, 3.63) is 10.6 Å². The van der Waals surface area contributed by atoms with Crippen molar-refractivity contribution >= 4 is 33.1 Å². The lowest BCUT2D eigenvalue weighted by Crippen LogP contribution is -2.24. The molecule has 7 heteroatoms. The van der Waals surface area contributed by atoms with E-state index in [9.17, 15) is 4.79 Å². The fourth-order valence-electron chi connectivity index (χ4n) is 2.15. The number of unbranched alkanes of at least 4 members (excludes halogenated alkanes) is 1. The SMILES string of the molecule is COCCCCNC(=O)c1sc2c(c(C)nn2C)c1N. The molecule has 0 aromatic carbocycles. The van der Waals surface area contributed by atoms with Gasteiger partial charge in [-0.25, -0.2) is 0 Å². The molecule has 0 spiro atoms. The summed E-state index contributed by atoms with van der Waals surface area (Å²) in [5.41, 5.74) is 7.47. The lowest BCUT2D eigenvalue weighted by Gasteiger charge is -2.04. The van der Waals surface area contributed by atoms with E-state index in [0.717, 1.165) is 28.8 Å². The highest BCUT2D eigenvalue weighted by atomic mass is 32.1. The van der Waals surface area contributed by atoms with E-state index in [1.54, 1.807) is 11.8 Å². The second-order valence-corrected chi connectivity index (χ2v) is 5.69. The molecule has 1 amide bonds. The van der Waals surface area contributed by atoms with Gasteiger partial charge in [0.15, 0.2) is 0 Å². The van der Waals surface area contributed by atoms with Gasteiger partial charge in [0.05, 0.1) is 16.8 Å². The summed E-state index contributed by atoms with van der Waals surface area (Å²) < 4.78 is 6.73. The highest BCUT2D eigenvalue weighted by Crippen LogP contribution is 2.35. The van der Waals surface area contributed by atoms with Crippen LogP contribution in [-0.2, 0) is 11.8 Å². The molecule has 2 heterocycles. The largest absolute Gasteiger partial charge is 0.397 e. The molecule has 0 bridgehead atoms. The lowest BCUT2D eigenvalue weighted by molar-refractivity contribution is 0.0956. The van der Waals surface area contributed by atoms with E-state index in [1.165, 1.54) is 11.3 Å². The summed E-state index contributed by atoms with van der Waals surface area (Å²) >= 11 is 1.39. The molecule has 0 aliphatic heterocycles. The first kappa shape index (κ1) is 14.8. The van der Waals surface area contributed by atoms with E-state index in [-0.39, 0.29) is 5.91 Å². The van der Waals surface area contributed by atoms with E-state index >= 15 is 0 Å². The minimum absolute atomic E-state index is 0.111. The molecule has 0 fully saturated rings. The van der Waals surface area contributed by atoms with Crippen LogP contribution >= 0.6 is 11.3 Å². The Kier molecular flexibility index (Phi) is 4.61. The van der Waals surface area contributed by atoms with Crippen LogP contribution in [0.2, 0.25) is 0 Å². The standard InChI is InChI=1S/C13H20N4O2S/c1-8-9-10(14)11(20-13(9)17(2)16-8)12(18)15-6-4-5-7-19-3/h4-7,14H2,1-3H3,(H,15,18). The number of amides is 1. The van der Waals surface area contributed by atoms with Crippen molar-refractivity contribution in [3.8, 4) is 0 Å². The van der Waals surface area contributed by atoms with Crippen LogP contribution in [0.1, 0.15) is 28.2 Å². The molecule has 110 valence electrons. The molecule has 6 nitrogen and oxygen atoms in total. The van der Waals surface area contributed by atoms with Gasteiger partial charge in [-0.15, -0.1) is 11.3 Å². The molecular weight excluding hydrogens is 276 g/mol. The number of hydrogen-bond donors (Lipinski definition) is 2. The molecule has 2 aromatic heterocycles. The Morgan fingerprint density at radius 1 is 1.50 bits per heavy atom. The molecule has 0 saturated heterocycles. The van der Waals surface area contributed by atoms with Crippen LogP contribution < -0.4 is 11.1 Å². The van der Waals surface area contributed by atoms with Crippen LogP contribution in [0, 0.1) is 6.92 Å². The maximum absolute atomic E-state index is 12.1. The van der Waals surface area contributed by atoms with Crippen molar-refractivity contribution in [2.45, 2.75) is 19.8 Å². The number of fused-ring (bicyclic) bond motifs is 1. The van der Waals surface area contributed by atoms with Gasteiger partial charge in [-0.2, -0.15) is 5.10 Å². The number of ether oxygens (including phenoxy) is 1. The van der Waals surface area contributed by atoms with Crippen LogP contribution in [0.5, 0.6) is 0 Å². The monoisotopic (exact) mass is 296 g/mol. The van der Waals surface area contributed by atoms with Gasteiger partial charge in [-0.1, -0.05) is 0 Å². The van der Waals surface area contributed by atoms with Gasteiger partial charge in [0.1, 0.15) is 9.71 Å². The number of aryl methyl sites for hydroxylation is 2. The highest BCUT2D eigenvalue weighted by Gasteiger charge is 2.20. The summed E-state index contributed by atoms with van der Waals surface area (Å²) in [4.78, 5) is 13.7. The number of thiophene rings is 1. The third kappa shape index (κ3) is 2.78. The molecule has 0 unspecified atom stereocenters. The molecule has 20 heavy (non-hydrogen) atoms. The Hall–Kier alpha value is -1.60. The summed E-state index contributed by atoms with van der Waals surface area (Å²) in [7, 11) is 3.53. The zero-order valence-corrected chi connectivity index (χ0v) is 12.8. The highest BCUT2D eigenvalue weighted by molar-refractivity contribution is 7.21. The number of nitrogens with zero attached hydrogens (tertiary/aromatic N) is 2. The zero-order chi connectivity index (χ0) is 14.7. The second-order valence-electron chi connectivity index (χ2n) is 4.69. The number of aromatic nitrogens is 2. The lowest BCUT2D eigenvalue weighted by atomic mass is 10.2. The maximum atomic E-state index is 12.1. The van der Waals surface area contributed by atoms with Gasteiger partial charge in [-0.3, -0.25) is 9.48 Å². The Labute approximate surface area is 121 Å². The number of rotatable bonds is 6. The fourth-order valence-corrected chi connectivity index (χ4v) is 3.25. The van der Waals surface area contributed by atoms with Crippen molar-refractivity contribution in [2.75, 3.05) is 26.0 Å². The molecule has 0 aliphatic rings. The predicted molar refractivity (Wildman–Crippen MR) is 81.2 cm³/mol. The zero-order valence-electron chi connectivity index (χ0n) is 12.0. The summed E-state index contributed by atoms with van der Waals surface area (Å²) in [6, 6.07) is 0. The van der Waals surface area contributed by atoms with Crippen LogP contribution in [-0.4, -0.2) is 35.9 Å². The first-order valence-electron chi connectivity index (χ1n) is 6.55. The Morgan fingerprint density at radius 3 is 2.90 bits per heavy atom. The number of nitrogens with two attached hydrogens (primary N) is 1. The number of anilines is 1. The van der Waals surface area contributed by atoms with Crippen molar-refractivity contribution in [3.63, 3.8) is 0 Å². The number of methoxy groups -OCH3 is 1. The van der Waals surface area contributed by atoms with Crippen LogP contribution in [0.15, 0.2) is 0 Å². The summed E-state index contributed by atoms with van der Waals surface area (Å²) in [6.45, 7) is 3.25. The topological polar surface area (TPSA) is 82.2 Å². The number of hydrogen-bond acceptors (Lipinski definition) is 5. The molecule has 3 N–H and O–H groups in total. The molecule has 0 radical (unpaired) electrons. The molecular formula is C13H20N4O2S. The first-order valence-corrected chi connectivity index (χ1v) is 7.36. The van der Waals surface area contributed by atoms with E-state index in [4.69, 9.17) is 10.5 Å². The Balaban J connectivity index is 2.07. The minimum atomic E-state index is -0.111. The second kappa shape index (κ2) is 6.23. The van der Waals surface area contributed by atoms with Crippen molar-refractivity contribution in [1.82, 2.24) is 15.1 Å². The van der Waals surface area contributed by atoms with Gasteiger partial charge in [0.2, 0.25) is 0 Å². The average Bonchev–Trinajstić information content (AvgIpc) is 2.89. The van der Waals surface area contributed by atoms with Crippen LogP contribution in [0.3, 0.4) is 0 Å². The smallest absolute Gasteiger partial charge is 0.263 e. The van der Waals surface area contributed by atoms with Crippen LogP contribution in [0.25, 0.3) is 10.2 Å². The molecule has 0 aliphatic carbocycles. The molecule has 0 atom stereocenters. The molecule has 0 saturated carbocycles. The quantitative estimate of drug-likeness (QED) is 0.795. The van der Waals surface area contributed by atoms with Crippen molar-refractivity contribution in [2.24, 2.45) is 7.05 Å². The molecule has 2 rings (SSSR count). The predicted octanol–water partition coefficient (Wildman–Crippen LogP) is 1.68. The van der Waals surface area contributed by atoms with Crippen LogP contribution in [0.4, 0.5) is 5.69 Å². The van der Waals surface area contributed by atoms with Gasteiger partial charge >= 0.3 is 0 Å². The maximum Gasteiger partial charge on any atom is 0.263 e. The first-order chi connectivity index (χ1) is 9.56. The van der Waals surface area contributed by atoms with Gasteiger partial charge < -0.3 is 15.8 Å². The van der Waals surface area contributed by atoms with E-state index in [2.05, 4.69) is 10.4 Å². The Morgan fingerprint density at radius 2 is 2.25 bits per heavy atom. The van der Waals surface area contributed by atoms with Gasteiger partial charge in [0.25, 0.3) is 5.91 Å². The van der Waals surface area contributed by atoms with E-state index in [0.29, 0.717) is 23.7 Å². The van der Waals surface area contributed by atoms with Crippen molar-refractivity contribution in [1.29, 1.82) is 0 Å². The fraction of sp³-hybridized carbons (Fsp3) is 0.538.